The molecule has 1 heterocycles. The van der Waals surface area contributed by atoms with Gasteiger partial charge >= 0.3 is 0 Å². The van der Waals surface area contributed by atoms with E-state index in [1.807, 2.05) is 19.9 Å². The van der Waals surface area contributed by atoms with E-state index < -0.39 is 0 Å². The maximum absolute atomic E-state index is 5.63. The van der Waals surface area contributed by atoms with Crippen molar-refractivity contribution in [2.75, 3.05) is 11.1 Å². The molecule has 0 unspecified atom stereocenters. The molecule has 66 valence electrons. The van der Waals surface area contributed by atoms with Crippen LogP contribution in [0.3, 0.4) is 0 Å². The number of halogens is 1. The third-order valence-corrected chi connectivity index (χ3v) is 1.55. The molecule has 0 amide bonds. The maximum Gasteiger partial charge on any atom is 0.148 e. The molecule has 0 saturated carbocycles. The number of nitrogens with zero attached hydrogens (tertiary/aromatic N) is 1. The molecule has 1 aromatic rings. The molecule has 0 radical (unpaired) electrons. The second kappa shape index (κ2) is 3.63. The van der Waals surface area contributed by atoms with Crippen LogP contribution in [0.15, 0.2) is 12.1 Å². The lowest BCUT2D eigenvalue weighted by atomic mass is 10.3. The Labute approximate surface area is 76.9 Å². The van der Waals surface area contributed by atoms with Crippen LogP contribution in [0.2, 0.25) is 5.15 Å². The SMILES string of the molecule is CC(C)Nc1ccc(Cl)nc1N. The first-order valence-corrected chi connectivity index (χ1v) is 4.16. The third-order valence-electron chi connectivity index (χ3n) is 1.33. The van der Waals surface area contributed by atoms with Crippen LogP contribution in [0.4, 0.5) is 11.5 Å². The second-order valence-corrected chi connectivity index (χ2v) is 3.25. The highest BCUT2D eigenvalue weighted by atomic mass is 35.5. The predicted octanol–water partition coefficient (Wildman–Crippen LogP) is 2.14. The molecule has 0 bridgehead atoms. The number of hydrogen-bond donors (Lipinski definition) is 2. The highest BCUT2D eigenvalue weighted by Crippen LogP contribution is 2.18. The van der Waals surface area contributed by atoms with Crippen molar-refractivity contribution in [3.63, 3.8) is 0 Å². The predicted molar refractivity (Wildman–Crippen MR) is 52.4 cm³/mol. The Kier molecular flexibility index (Phi) is 2.76. The first-order chi connectivity index (χ1) is 5.59. The molecule has 3 nitrogen and oxygen atoms in total. The van der Waals surface area contributed by atoms with E-state index in [2.05, 4.69) is 10.3 Å². The molecule has 12 heavy (non-hydrogen) atoms. The van der Waals surface area contributed by atoms with Gasteiger partial charge in [0.1, 0.15) is 11.0 Å². The van der Waals surface area contributed by atoms with Crippen LogP contribution < -0.4 is 11.1 Å². The Morgan fingerprint density at radius 3 is 2.67 bits per heavy atom. The summed E-state index contributed by atoms with van der Waals surface area (Å²) in [7, 11) is 0. The van der Waals surface area contributed by atoms with Gasteiger partial charge in [-0.1, -0.05) is 11.6 Å². The van der Waals surface area contributed by atoms with E-state index in [4.69, 9.17) is 17.3 Å². The lowest BCUT2D eigenvalue weighted by Gasteiger charge is -2.11. The maximum atomic E-state index is 5.63. The number of nitrogens with two attached hydrogens (primary N) is 1. The molecular formula is C8H12ClN3. The normalized spacial score (nSPS) is 10.3. The number of nitrogens with one attached hydrogen (secondary N) is 1. The largest absolute Gasteiger partial charge is 0.382 e. The minimum Gasteiger partial charge on any atom is -0.382 e. The van der Waals surface area contributed by atoms with Crippen LogP contribution in [0.25, 0.3) is 0 Å². The molecule has 1 aromatic heterocycles. The van der Waals surface area contributed by atoms with Crippen molar-refractivity contribution in [2.45, 2.75) is 19.9 Å². The molecule has 0 aliphatic carbocycles. The lowest BCUT2D eigenvalue weighted by molar-refractivity contribution is 0.899. The second-order valence-electron chi connectivity index (χ2n) is 2.87. The van der Waals surface area contributed by atoms with E-state index in [-0.39, 0.29) is 0 Å². The summed E-state index contributed by atoms with van der Waals surface area (Å²) >= 11 is 5.63. The summed E-state index contributed by atoms with van der Waals surface area (Å²) in [5, 5.41) is 3.57. The molecule has 0 saturated heterocycles. The molecule has 4 heteroatoms. The highest BCUT2D eigenvalue weighted by Gasteiger charge is 2.01. The van der Waals surface area contributed by atoms with Gasteiger partial charge < -0.3 is 11.1 Å². The van der Waals surface area contributed by atoms with Crippen molar-refractivity contribution in [1.82, 2.24) is 4.98 Å². The van der Waals surface area contributed by atoms with Crippen molar-refractivity contribution < 1.29 is 0 Å². The smallest absolute Gasteiger partial charge is 0.148 e. The van der Waals surface area contributed by atoms with Gasteiger partial charge in [-0.2, -0.15) is 0 Å². The summed E-state index contributed by atoms with van der Waals surface area (Å²) in [6.07, 6.45) is 0. The third kappa shape index (κ3) is 2.27. The monoisotopic (exact) mass is 185 g/mol. The van der Waals surface area contributed by atoms with E-state index >= 15 is 0 Å². The standard InChI is InChI=1S/C8H12ClN3/c1-5(2)11-6-3-4-7(9)12-8(6)10/h3-5,11H,1-2H3,(H2,10,12). The Morgan fingerprint density at radius 2 is 2.17 bits per heavy atom. The average molecular weight is 186 g/mol. The minimum absolute atomic E-state index is 0.343. The van der Waals surface area contributed by atoms with Crippen molar-refractivity contribution in [3.8, 4) is 0 Å². The molecule has 0 aliphatic heterocycles. The number of hydrogen-bond acceptors (Lipinski definition) is 3. The van der Waals surface area contributed by atoms with Crippen LogP contribution in [-0.2, 0) is 0 Å². The van der Waals surface area contributed by atoms with Gasteiger partial charge in [-0.25, -0.2) is 4.98 Å². The van der Waals surface area contributed by atoms with Gasteiger partial charge in [0.15, 0.2) is 0 Å². The summed E-state index contributed by atoms with van der Waals surface area (Å²) < 4.78 is 0. The molecular weight excluding hydrogens is 174 g/mol. The van der Waals surface area contributed by atoms with E-state index in [1.54, 1.807) is 6.07 Å². The number of rotatable bonds is 2. The van der Waals surface area contributed by atoms with Crippen molar-refractivity contribution >= 4 is 23.1 Å². The summed E-state index contributed by atoms with van der Waals surface area (Å²) in [6.45, 7) is 4.07. The average Bonchev–Trinajstić information content (AvgIpc) is 1.94. The molecule has 1 rings (SSSR count). The molecule has 3 N–H and O–H groups in total. The van der Waals surface area contributed by atoms with Crippen molar-refractivity contribution in [2.24, 2.45) is 0 Å². The Balaban J connectivity index is 2.86. The van der Waals surface area contributed by atoms with Crippen LogP contribution >= 0.6 is 11.6 Å². The van der Waals surface area contributed by atoms with Crippen LogP contribution in [0.1, 0.15) is 13.8 Å². The molecule has 0 aliphatic rings. The van der Waals surface area contributed by atoms with Gasteiger partial charge in [-0.3, -0.25) is 0 Å². The summed E-state index contributed by atoms with van der Waals surface area (Å²) in [6, 6.07) is 3.88. The summed E-state index contributed by atoms with van der Waals surface area (Å²) in [5.74, 6) is 0.441. The van der Waals surface area contributed by atoms with Gasteiger partial charge in [-0.15, -0.1) is 0 Å². The van der Waals surface area contributed by atoms with Gasteiger partial charge in [0.2, 0.25) is 0 Å². The van der Waals surface area contributed by atoms with Gasteiger partial charge in [0.25, 0.3) is 0 Å². The Morgan fingerprint density at radius 1 is 1.50 bits per heavy atom. The molecule has 0 atom stereocenters. The van der Waals surface area contributed by atoms with E-state index in [0.29, 0.717) is 17.0 Å². The van der Waals surface area contributed by atoms with Crippen molar-refractivity contribution in [1.29, 1.82) is 0 Å². The Hall–Kier alpha value is -0.960. The number of pyridine rings is 1. The van der Waals surface area contributed by atoms with E-state index in [0.717, 1.165) is 5.69 Å². The molecule has 0 fully saturated rings. The topological polar surface area (TPSA) is 50.9 Å². The summed E-state index contributed by atoms with van der Waals surface area (Å²) in [4.78, 5) is 3.91. The fourth-order valence-corrected chi connectivity index (χ4v) is 1.04. The van der Waals surface area contributed by atoms with Crippen LogP contribution in [0.5, 0.6) is 0 Å². The fraction of sp³-hybridized carbons (Fsp3) is 0.375. The fourth-order valence-electron chi connectivity index (χ4n) is 0.883. The first-order valence-electron chi connectivity index (χ1n) is 3.78. The summed E-state index contributed by atoms with van der Waals surface area (Å²) in [5.41, 5.74) is 6.44. The molecule has 0 spiro atoms. The van der Waals surface area contributed by atoms with Gasteiger partial charge in [0.05, 0.1) is 5.69 Å². The zero-order valence-electron chi connectivity index (χ0n) is 7.13. The quantitative estimate of drug-likeness (QED) is 0.695. The zero-order valence-corrected chi connectivity index (χ0v) is 7.89. The zero-order chi connectivity index (χ0) is 9.14. The minimum atomic E-state index is 0.343. The van der Waals surface area contributed by atoms with Crippen LogP contribution in [0, 0.1) is 0 Å². The molecule has 0 aromatic carbocycles. The van der Waals surface area contributed by atoms with Crippen molar-refractivity contribution in [3.05, 3.63) is 17.3 Å². The highest BCUT2D eigenvalue weighted by molar-refractivity contribution is 6.29. The van der Waals surface area contributed by atoms with Gasteiger partial charge in [0, 0.05) is 6.04 Å². The number of anilines is 2. The van der Waals surface area contributed by atoms with E-state index in [1.165, 1.54) is 0 Å². The lowest BCUT2D eigenvalue weighted by Crippen LogP contribution is -2.11. The van der Waals surface area contributed by atoms with Crippen LogP contribution in [-0.4, -0.2) is 11.0 Å². The van der Waals surface area contributed by atoms with E-state index in [9.17, 15) is 0 Å². The first kappa shape index (κ1) is 9.13. The van der Waals surface area contributed by atoms with Gasteiger partial charge in [-0.05, 0) is 26.0 Å². The Bertz CT molecular complexity index is 273. The number of nitrogen functional groups attached to an aromatic ring is 1. The number of aromatic nitrogens is 1.